The molecule has 3 aromatic rings. The van der Waals surface area contributed by atoms with Crippen LogP contribution in [0.15, 0.2) is 60.4 Å². The average Bonchev–Trinajstić information content (AvgIpc) is 3.04. The van der Waals surface area contributed by atoms with Gasteiger partial charge in [-0.2, -0.15) is 5.26 Å². The van der Waals surface area contributed by atoms with Crippen LogP contribution < -0.4 is 0 Å². The molecule has 1 heterocycles. The van der Waals surface area contributed by atoms with Crippen molar-refractivity contribution in [1.29, 1.82) is 5.26 Å². The summed E-state index contributed by atoms with van der Waals surface area (Å²) in [6.45, 7) is 1.25. The van der Waals surface area contributed by atoms with Crippen molar-refractivity contribution in [1.82, 2.24) is 9.97 Å². The van der Waals surface area contributed by atoms with E-state index >= 15 is 0 Å². The van der Waals surface area contributed by atoms with Crippen LogP contribution >= 0.6 is 0 Å². The summed E-state index contributed by atoms with van der Waals surface area (Å²) < 4.78 is 5.24. The number of nitriles is 1. The van der Waals surface area contributed by atoms with Crippen molar-refractivity contribution in [2.75, 3.05) is 0 Å². The number of benzene rings is 2. The second-order valence-electron chi connectivity index (χ2n) is 5.37. The molecule has 2 aromatic carbocycles. The zero-order valence-corrected chi connectivity index (χ0v) is 13.4. The van der Waals surface area contributed by atoms with Crippen molar-refractivity contribution in [2.45, 2.75) is 13.0 Å². The van der Waals surface area contributed by atoms with Gasteiger partial charge >= 0.3 is 5.97 Å². The molecule has 6 heteroatoms. The molecule has 1 aromatic heterocycles. The summed E-state index contributed by atoms with van der Waals surface area (Å²) in [7, 11) is 0. The summed E-state index contributed by atoms with van der Waals surface area (Å²) >= 11 is 0. The summed E-state index contributed by atoms with van der Waals surface area (Å²) in [4.78, 5) is 18.8. The fraction of sp³-hybridized carbons (Fsp3) is 0.105. The van der Waals surface area contributed by atoms with E-state index in [2.05, 4.69) is 9.97 Å². The fourth-order valence-electron chi connectivity index (χ4n) is 2.51. The highest BCUT2D eigenvalue weighted by molar-refractivity contribution is 5.83. The highest BCUT2D eigenvalue weighted by Crippen LogP contribution is 2.30. The van der Waals surface area contributed by atoms with E-state index in [0.717, 1.165) is 5.52 Å². The third-order valence-electron chi connectivity index (χ3n) is 3.63. The number of fused-ring (bicyclic) bond motifs is 1. The molecule has 2 N–H and O–H groups in total. The van der Waals surface area contributed by atoms with E-state index in [0.29, 0.717) is 11.1 Å². The molecule has 0 aliphatic heterocycles. The van der Waals surface area contributed by atoms with Crippen LogP contribution in [0, 0.1) is 11.3 Å². The number of aliphatic hydroxyl groups excluding tert-OH is 1. The molecule has 0 bridgehead atoms. The van der Waals surface area contributed by atoms with Crippen molar-refractivity contribution in [3.8, 4) is 6.07 Å². The number of ether oxygens (including phenoxy) is 1. The van der Waals surface area contributed by atoms with Gasteiger partial charge in [0.1, 0.15) is 11.6 Å². The number of carbonyl (C=O) groups is 1. The molecule has 124 valence electrons. The number of hydrogen-bond acceptors (Lipinski definition) is 5. The zero-order chi connectivity index (χ0) is 17.8. The molecule has 0 saturated heterocycles. The Hall–Kier alpha value is -3.59. The van der Waals surface area contributed by atoms with Gasteiger partial charge in [-0.15, -0.1) is 0 Å². The quantitative estimate of drug-likeness (QED) is 0.431. The Balaban J connectivity index is 2.12. The number of esters is 1. The van der Waals surface area contributed by atoms with Crippen LogP contribution in [0.25, 0.3) is 16.6 Å². The number of carbonyl (C=O) groups excluding carboxylic acids is 1. The maximum Gasteiger partial charge on any atom is 0.303 e. The second-order valence-corrected chi connectivity index (χ2v) is 5.37. The number of imidazole rings is 1. The lowest BCUT2D eigenvalue weighted by Gasteiger charge is -2.17. The zero-order valence-electron chi connectivity index (χ0n) is 13.4. The molecule has 0 radical (unpaired) electrons. The lowest BCUT2D eigenvalue weighted by molar-refractivity contribution is -0.146. The Morgan fingerprint density at radius 1 is 1.20 bits per heavy atom. The van der Waals surface area contributed by atoms with Crippen LogP contribution in [-0.4, -0.2) is 21.0 Å². The van der Waals surface area contributed by atoms with E-state index < -0.39 is 12.1 Å². The third kappa shape index (κ3) is 3.35. The van der Waals surface area contributed by atoms with E-state index in [1.54, 1.807) is 36.4 Å². The van der Waals surface area contributed by atoms with Crippen LogP contribution in [0.1, 0.15) is 24.4 Å². The number of nitrogens with one attached hydrogen (secondary N) is 1. The second kappa shape index (κ2) is 6.89. The van der Waals surface area contributed by atoms with Crippen molar-refractivity contribution in [3.05, 3.63) is 71.7 Å². The van der Waals surface area contributed by atoms with Gasteiger partial charge in [0, 0.05) is 12.5 Å². The van der Waals surface area contributed by atoms with E-state index in [1.807, 2.05) is 24.3 Å². The molecule has 1 atom stereocenters. The van der Waals surface area contributed by atoms with Crippen molar-refractivity contribution < 1.29 is 14.6 Å². The minimum Gasteiger partial charge on any atom is -0.507 e. The summed E-state index contributed by atoms with van der Waals surface area (Å²) in [5.41, 5.74) is 1.88. The Labute approximate surface area is 144 Å². The summed E-state index contributed by atoms with van der Waals surface area (Å²) in [6, 6.07) is 18.0. The predicted octanol–water partition coefficient (Wildman–Crippen LogP) is 3.66. The molecule has 0 saturated carbocycles. The standard InChI is InChI=1S/C19H15N3O3/c1-12(23)25-18(13-7-3-2-4-8-13)17(24)14(11-20)19-21-15-9-5-6-10-16(15)22-19/h2-10,18,24H,1H3,(H,21,22)/b17-14+. The molecule has 6 nitrogen and oxygen atoms in total. The van der Waals surface area contributed by atoms with Gasteiger partial charge in [0.15, 0.2) is 17.7 Å². The highest BCUT2D eigenvalue weighted by atomic mass is 16.6. The molecule has 0 fully saturated rings. The highest BCUT2D eigenvalue weighted by Gasteiger charge is 2.25. The smallest absolute Gasteiger partial charge is 0.303 e. The number of rotatable bonds is 4. The Bertz CT molecular complexity index is 951. The summed E-state index contributed by atoms with van der Waals surface area (Å²) in [5.74, 6) is -0.723. The number of aromatic nitrogens is 2. The normalized spacial score (nSPS) is 13.0. The SMILES string of the molecule is CC(=O)OC(/C(O)=C(/C#N)c1nc2ccccc2[nH]1)c1ccccc1. The number of para-hydroxylation sites is 2. The maximum atomic E-state index is 11.5. The monoisotopic (exact) mass is 333 g/mol. The number of nitrogens with zero attached hydrogens (tertiary/aromatic N) is 2. The summed E-state index contributed by atoms with van der Waals surface area (Å²) in [6.07, 6.45) is -1.08. The van der Waals surface area contributed by atoms with Crippen LogP contribution in [-0.2, 0) is 9.53 Å². The molecule has 0 aliphatic rings. The average molecular weight is 333 g/mol. The number of aromatic amines is 1. The largest absolute Gasteiger partial charge is 0.507 e. The van der Waals surface area contributed by atoms with Crippen LogP contribution in [0.2, 0.25) is 0 Å². The summed E-state index contributed by atoms with van der Waals surface area (Å²) in [5, 5.41) is 20.2. The van der Waals surface area contributed by atoms with E-state index in [1.165, 1.54) is 6.92 Å². The van der Waals surface area contributed by atoms with E-state index in [9.17, 15) is 15.2 Å². The number of allylic oxidation sites excluding steroid dienone is 1. The minimum atomic E-state index is -1.08. The first-order valence-corrected chi connectivity index (χ1v) is 7.60. The van der Waals surface area contributed by atoms with Gasteiger partial charge in [-0.05, 0) is 12.1 Å². The molecule has 0 aliphatic carbocycles. The first-order valence-electron chi connectivity index (χ1n) is 7.60. The number of hydrogen-bond donors (Lipinski definition) is 2. The van der Waals surface area contributed by atoms with Crippen LogP contribution in [0.4, 0.5) is 0 Å². The van der Waals surface area contributed by atoms with Crippen LogP contribution in [0.5, 0.6) is 0 Å². The van der Waals surface area contributed by atoms with Crippen molar-refractivity contribution in [3.63, 3.8) is 0 Å². The van der Waals surface area contributed by atoms with Gasteiger partial charge in [-0.3, -0.25) is 4.79 Å². The van der Waals surface area contributed by atoms with E-state index in [4.69, 9.17) is 4.74 Å². The minimum absolute atomic E-state index is 0.0775. The number of aliphatic hydroxyl groups is 1. The first-order chi connectivity index (χ1) is 12.1. The van der Waals surface area contributed by atoms with Gasteiger partial charge in [-0.1, -0.05) is 42.5 Å². The van der Waals surface area contributed by atoms with Crippen molar-refractivity contribution >= 4 is 22.6 Å². The molecule has 25 heavy (non-hydrogen) atoms. The van der Waals surface area contributed by atoms with Gasteiger partial charge in [0.2, 0.25) is 0 Å². The van der Waals surface area contributed by atoms with E-state index in [-0.39, 0.29) is 17.2 Å². The van der Waals surface area contributed by atoms with Crippen molar-refractivity contribution in [2.24, 2.45) is 0 Å². The molecule has 0 amide bonds. The molecule has 1 unspecified atom stereocenters. The molecule has 0 spiro atoms. The first kappa shape index (κ1) is 16.3. The van der Waals surface area contributed by atoms with Gasteiger partial charge < -0.3 is 14.8 Å². The number of H-pyrrole nitrogens is 1. The Morgan fingerprint density at radius 3 is 2.52 bits per heavy atom. The lowest BCUT2D eigenvalue weighted by atomic mass is 10.0. The maximum absolute atomic E-state index is 11.5. The van der Waals surface area contributed by atoms with Gasteiger partial charge in [0.05, 0.1) is 11.0 Å². The predicted molar refractivity (Wildman–Crippen MR) is 92.2 cm³/mol. The van der Waals surface area contributed by atoms with Crippen LogP contribution in [0.3, 0.4) is 0 Å². The van der Waals surface area contributed by atoms with Gasteiger partial charge in [-0.25, -0.2) is 4.98 Å². The lowest BCUT2D eigenvalue weighted by Crippen LogP contribution is -2.12. The third-order valence-corrected chi connectivity index (χ3v) is 3.63. The molecular weight excluding hydrogens is 318 g/mol. The fourth-order valence-corrected chi connectivity index (χ4v) is 2.51. The molecule has 3 rings (SSSR count). The van der Waals surface area contributed by atoms with Gasteiger partial charge in [0.25, 0.3) is 0 Å². The molecular formula is C19H15N3O3. The Morgan fingerprint density at radius 2 is 1.88 bits per heavy atom. The topological polar surface area (TPSA) is 99.0 Å². The Kier molecular flexibility index (Phi) is 4.48.